The highest BCUT2D eigenvalue weighted by atomic mass is 35.5. The van der Waals surface area contributed by atoms with Gasteiger partial charge in [0.25, 0.3) is 0 Å². The topological polar surface area (TPSA) is 72.0 Å². The van der Waals surface area contributed by atoms with Crippen LogP contribution in [0.1, 0.15) is 6.42 Å². The summed E-state index contributed by atoms with van der Waals surface area (Å²) in [6.07, 6.45) is 4.72. The third-order valence-corrected chi connectivity index (χ3v) is 2.82. The molecule has 0 bridgehead atoms. The Balaban J connectivity index is 2.32. The maximum absolute atomic E-state index is 10.8. The van der Waals surface area contributed by atoms with Crippen LogP contribution in [0.3, 0.4) is 0 Å². The summed E-state index contributed by atoms with van der Waals surface area (Å²) >= 11 is 5.62. The smallest absolute Gasteiger partial charge is 0.149 e. The van der Waals surface area contributed by atoms with Crippen LogP contribution in [0.5, 0.6) is 0 Å². The first-order valence-electron chi connectivity index (χ1n) is 4.36. The van der Waals surface area contributed by atoms with Crippen molar-refractivity contribution >= 4 is 27.3 Å². The molecule has 0 fully saturated rings. The molecule has 0 saturated carbocycles. The van der Waals surface area contributed by atoms with Crippen molar-refractivity contribution in [3.63, 3.8) is 0 Å². The van der Waals surface area contributed by atoms with E-state index in [-0.39, 0.29) is 5.75 Å². The number of nitrogens with zero attached hydrogens (tertiary/aromatic N) is 2. The van der Waals surface area contributed by atoms with Gasteiger partial charge in [-0.25, -0.2) is 13.4 Å². The summed E-state index contributed by atoms with van der Waals surface area (Å²) in [4.78, 5) is 7.79. The molecule has 0 aliphatic rings. The summed E-state index contributed by atoms with van der Waals surface area (Å²) < 4.78 is 21.6. The molecule has 0 amide bonds. The number of nitrogens with one attached hydrogen (secondary N) is 1. The summed E-state index contributed by atoms with van der Waals surface area (Å²) in [6.45, 7) is 0.530. The van der Waals surface area contributed by atoms with Gasteiger partial charge in [0, 0.05) is 12.8 Å². The number of hydrogen-bond acceptors (Lipinski definition) is 5. The second kappa shape index (κ2) is 5.27. The van der Waals surface area contributed by atoms with Gasteiger partial charge in [-0.05, 0) is 6.42 Å². The molecule has 1 N–H and O–H groups in total. The minimum Gasteiger partial charge on any atom is -0.369 e. The van der Waals surface area contributed by atoms with Gasteiger partial charge in [0.2, 0.25) is 0 Å². The van der Waals surface area contributed by atoms with Crippen LogP contribution >= 0.6 is 11.6 Å². The summed E-state index contributed by atoms with van der Waals surface area (Å²) in [5.74, 6) is 0.713. The Morgan fingerprint density at radius 1 is 1.47 bits per heavy atom. The number of anilines is 1. The van der Waals surface area contributed by atoms with Crippen molar-refractivity contribution in [3.8, 4) is 0 Å². The van der Waals surface area contributed by atoms with Crippen LogP contribution in [0.4, 0.5) is 5.82 Å². The minimum atomic E-state index is -2.89. The van der Waals surface area contributed by atoms with Crippen LogP contribution in [-0.4, -0.2) is 36.9 Å². The van der Waals surface area contributed by atoms with Gasteiger partial charge in [-0.2, -0.15) is 0 Å². The van der Waals surface area contributed by atoms with E-state index in [4.69, 9.17) is 11.6 Å². The summed E-state index contributed by atoms with van der Waals surface area (Å²) in [7, 11) is -2.89. The van der Waals surface area contributed by atoms with E-state index in [9.17, 15) is 8.42 Å². The fourth-order valence-electron chi connectivity index (χ4n) is 0.978. The van der Waals surface area contributed by atoms with E-state index < -0.39 is 9.84 Å². The summed E-state index contributed by atoms with van der Waals surface area (Å²) in [5.41, 5.74) is 0. The largest absolute Gasteiger partial charge is 0.369 e. The van der Waals surface area contributed by atoms with Gasteiger partial charge >= 0.3 is 0 Å². The summed E-state index contributed by atoms with van der Waals surface area (Å²) in [6, 6.07) is 0. The molecule has 0 unspecified atom stereocenters. The Morgan fingerprint density at radius 2 is 2.20 bits per heavy atom. The number of rotatable bonds is 5. The van der Waals surface area contributed by atoms with Crippen molar-refractivity contribution in [2.24, 2.45) is 0 Å². The van der Waals surface area contributed by atoms with Crippen molar-refractivity contribution < 1.29 is 8.42 Å². The van der Waals surface area contributed by atoms with Crippen molar-refractivity contribution in [1.82, 2.24) is 9.97 Å². The molecular formula is C8H12ClN3O2S. The lowest BCUT2D eigenvalue weighted by Crippen LogP contribution is -2.10. The molecular weight excluding hydrogens is 238 g/mol. The Bertz CT molecular complexity index is 422. The molecule has 84 valence electrons. The highest BCUT2D eigenvalue weighted by Gasteiger charge is 2.01. The molecule has 0 aromatic carbocycles. The number of hydrogen-bond donors (Lipinski definition) is 1. The minimum absolute atomic E-state index is 0.161. The Morgan fingerprint density at radius 3 is 2.80 bits per heavy atom. The van der Waals surface area contributed by atoms with Crippen LogP contribution in [0.15, 0.2) is 12.4 Å². The fraction of sp³-hybridized carbons (Fsp3) is 0.500. The first kappa shape index (κ1) is 12.2. The van der Waals surface area contributed by atoms with E-state index in [2.05, 4.69) is 15.3 Å². The van der Waals surface area contributed by atoms with Crippen molar-refractivity contribution in [1.29, 1.82) is 0 Å². The molecule has 5 nitrogen and oxygen atoms in total. The lowest BCUT2D eigenvalue weighted by Gasteiger charge is -2.04. The third-order valence-electron chi connectivity index (χ3n) is 1.60. The average molecular weight is 250 g/mol. The quantitative estimate of drug-likeness (QED) is 0.788. The molecule has 0 saturated heterocycles. The second-order valence-corrected chi connectivity index (χ2v) is 5.78. The first-order chi connectivity index (χ1) is 6.97. The van der Waals surface area contributed by atoms with E-state index in [1.54, 1.807) is 0 Å². The van der Waals surface area contributed by atoms with Crippen LogP contribution < -0.4 is 5.32 Å². The number of halogens is 1. The zero-order valence-electron chi connectivity index (χ0n) is 8.27. The van der Waals surface area contributed by atoms with Crippen LogP contribution in [0, 0.1) is 0 Å². The van der Waals surface area contributed by atoms with E-state index in [1.807, 2.05) is 0 Å². The van der Waals surface area contributed by atoms with Gasteiger partial charge in [-0.15, -0.1) is 0 Å². The molecule has 0 spiro atoms. The molecule has 0 aliphatic carbocycles. The van der Waals surface area contributed by atoms with Gasteiger partial charge in [0.05, 0.1) is 18.1 Å². The Labute approximate surface area is 93.8 Å². The molecule has 15 heavy (non-hydrogen) atoms. The normalized spacial score (nSPS) is 11.3. The van der Waals surface area contributed by atoms with E-state index >= 15 is 0 Å². The molecule has 1 aromatic rings. The van der Waals surface area contributed by atoms with Gasteiger partial charge in [-0.3, -0.25) is 4.98 Å². The van der Waals surface area contributed by atoms with Gasteiger partial charge in [0.1, 0.15) is 20.8 Å². The highest BCUT2D eigenvalue weighted by molar-refractivity contribution is 7.90. The van der Waals surface area contributed by atoms with Crippen LogP contribution in [-0.2, 0) is 9.84 Å². The SMILES string of the molecule is CS(=O)(=O)CCCNc1cncc(Cl)n1. The van der Waals surface area contributed by atoms with Crippen molar-refractivity contribution in [2.75, 3.05) is 23.9 Å². The van der Waals surface area contributed by atoms with Crippen molar-refractivity contribution in [3.05, 3.63) is 17.5 Å². The first-order valence-corrected chi connectivity index (χ1v) is 6.80. The van der Waals surface area contributed by atoms with E-state index in [0.29, 0.717) is 23.9 Å². The van der Waals surface area contributed by atoms with Gasteiger partial charge < -0.3 is 5.32 Å². The molecule has 0 radical (unpaired) electrons. The molecule has 1 aromatic heterocycles. The van der Waals surface area contributed by atoms with Crippen LogP contribution in [0.2, 0.25) is 5.15 Å². The van der Waals surface area contributed by atoms with Crippen molar-refractivity contribution in [2.45, 2.75) is 6.42 Å². The summed E-state index contributed by atoms with van der Waals surface area (Å²) in [5, 5.41) is 3.24. The van der Waals surface area contributed by atoms with E-state index in [1.165, 1.54) is 18.6 Å². The molecule has 1 rings (SSSR count). The van der Waals surface area contributed by atoms with Crippen LogP contribution in [0.25, 0.3) is 0 Å². The number of sulfone groups is 1. The zero-order valence-corrected chi connectivity index (χ0v) is 9.85. The van der Waals surface area contributed by atoms with E-state index in [0.717, 1.165) is 0 Å². The maximum Gasteiger partial charge on any atom is 0.149 e. The monoisotopic (exact) mass is 249 g/mol. The number of aromatic nitrogens is 2. The lowest BCUT2D eigenvalue weighted by atomic mass is 10.5. The lowest BCUT2D eigenvalue weighted by molar-refractivity contribution is 0.600. The standard InChI is InChI=1S/C8H12ClN3O2S/c1-15(13,14)4-2-3-11-8-6-10-5-7(9)12-8/h5-6H,2-4H2,1H3,(H,11,12). The zero-order chi connectivity index (χ0) is 11.3. The Kier molecular flexibility index (Phi) is 4.28. The fourth-order valence-corrected chi connectivity index (χ4v) is 1.79. The predicted molar refractivity (Wildman–Crippen MR) is 59.9 cm³/mol. The Hall–Kier alpha value is -0.880. The molecule has 1 heterocycles. The average Bonchev–Trinajstić information content (AvgIpc) is 2.11. The third kappa shape index (κ3) is 5.54. The van der Waals surface area contributed by atoms with Gasteiger partial charge in [0.15, 0.2) is 0 Å². The second-order valence-electron chi connectivity index (χ2n) is 3.14. The molecule has 0 aliphatic heterocycles. The molecule has 7 heteroatoms. The highest BCUT2D eigenvalue weighted by Crippen LogP contribution is 2.06. The molecule has 0 atom stereocenters. The maximum atomic E-state index is 10.8. The predicted octanol–water partition coefficient (Wildman–Crippen LogP) is 0.977. The van der Waals surface area contributed by atoms with Gasteiger partial charge in [-0.1, -0.05) is 11.6 Å².